The third-order valence-corrected chi connectivity index (χ3v) is 1.40. The smallest absolute Gasteiger partial charge is 1.00 e. The third-order valence-electron chi connectivity index (χ3n) is 1.40. The van der Waals surface area contributed by atoms with Crippen LogP contribution in [0.15, 0.2) is 0 Å². The van der Waals surface area contributed by atoms with Gasteiger partial charge in [-0.15, -0.1) is 0 Å². The summed E-state index contributed by atoms with van der Waals surface area (Å²) in [5.74, 6) is -2.05. The molecule has 0 aliphatic rings. The van der Waals surface area contributed by atoms with Gasteiger partial charge in [-0.3, -0.25) is 14.5 Å². The zero-order chi connectivity index (χ0) is 9.02. The van der Waals surface area contributed by atoms with E-state index in [0.717, 1.165) is 0 Å². The topological polar surface area (TPSA) is 77.8 Å². The Morgan fingerprint density at radius 3 is 2.00 bits per heavy atom. The Labute approximate surface area is 124 Å². The Morgan fingerprint density at radius 1 is 1.38 bits per heavy atom. The number of carbonyl (C=O) groups is 2. The predicted octanol–water partition coefficient (Wildman–Crippen LogP) is -6.29. The van der Waals surface area contributed by atoms with Crippen LogP contribution in [0.3, 0.4) is 0 Å². The van der Waals surface area contributed by atoms with Gasteiger partial charge in [-0.25, -0.2) is 0 Å². The first-order valence-corrected chi connectivity index (χ1v) is 3.10. The van der Waals surface area contributed by atoms with Crippen molar-refractivity contribution in [3.8, 4) is 0 Å². The second kappa shape index (κ2) is 9.45. The Morgan fingerprint density at radius 2 is 1.77 bits per heavy atom. The van der Waals surface area contributed by atoms with Crippen LogP contribution in [0.1, 0.15) is 9.78 Å². The molecule has 0 aliphatic heterocycles. The van der Waals surface area contributed by atoms with Crippen molar-refractivity contribution < 1.29 is 81.8 Å². The maximum atomic E-state index is 10.3. The molecule has 7 heteroatoms. The summed E-state index contributed by atoms with van der Waals surface area (Å²) in [4.78, 5) is 21.6. The number of rotatable bonds is 4. The minimum atomic E-state index is -1.03. The first-order chi connectivity index (χ1) is 4.95. The van der Waals surface area contributed by atoms with Crippen LogP contribution < -0.4 is 59.1 Å². The van der Waals surface area contributed by atoms with Crippen LogP contribution in [0.5, 0.6) is 0 Å². The molecule has 2 N–H and O–H groups in total. The van der Waals surface area contributed by atoms with E-state index in [4.69, 9.17) is 10.2 Å². The molecule has 68 valence electrons. The zero-order valence-corrected chi connectivity index (χ0v) is 12.4. The number of carboxylic acids is 2. The van der Waals surface area contributed by atoms with Gasteiger partial charge in [0, 0.05) is 0 Å². The molecule has 0 aromatic heterocycles. The molecule has 1 unspecified atom stereocenters. The Hall–Kier alpha value is 0.900. The number of hydrogen-bond acceptors (Lipinski definition) is 3. The molecular weight excluding hydrogens is 196 g/mol. The van der Waals surface area contributed by atoms with Gasteiger partial charge in [-0.2, -0.15) is 0 Å². The molecule has 0 aromatic rings. The van der Waals surface area contributed by atoms with Crippen LogP contribution in [0.25, 0.3) is 0 Å². The van der Waals surface area contributed by atoms with Crippen molar-refractivity contribution in [2.75, 3.05) is 13.6 Å². The number of carboxylic acid groups (broad SMARTS) is 2. The summed E-state index contributed by atoms with van der Waals surface area (Å²) in [6, 6.07) is -0.758. The second-order valence-electron chi connectivity index (χ2n) is 2.32. The first kappa shape index (κ1) is 19.5. The number of aliphatic carboxylic acids is 2. The van der Waals surface area contributed by atoms with E-state index in [1.165, 1.54) is 18.9 Å². The van der Waals surface area contributed by atoms with E-state index in [1.54, 1.807) is 0 Å². The van der Waals surface area contributed by atoms with Crippen LogP contribution >= 0.6 is 0 Å². The van der Waals surface area contributed by atoms with Gasteiger partial charge >= 0.3 is 71.1 Å². The van der Waals surface area contributed by atoms with Crippen LogP contribution in [0.4, 0.5) is 0 Å². The van der Waals surface area contributed by atoms with Crippen molar-refractivity contribution in [2.45, 2.75) is 13.0 Å². The first-order valence-electron chi connectivity index (χ1n) is 3.10. The molecule has 0 amide bonds. The van der Waals surface area contributed by atoms with Gasteiger partial charge in [0.05, 0.1) is 6.54 Å². The van der Waals surface area contributed by atoms with Gasteiger partial charge in [0.15, 0.2) is 0 Å². The monoisotopic (exact) mass is 209 g/mol. The van der Waals surface area contributed by atoms with Gasteiger partial charge in [-0.1, -0.05) is 0 Å². The van der Waals surface area contributed by atoms with Crippen molar-refractivity contribution in [3.05, 3.63) is 0 Å². The fraction of sp³-hybridized carbons (Fsp3) is 0.667. The molecule has 0 saturated carbocycles. The van der Waals surface area contributed by atoms with Gasteiger partial charge in [0.25, 0.3) is 0 Å². The molecule has 0 rings (SSSR count). The summed E-state index contributed by atoms with van der Waals surface area (Å²) >= 11 is 0. The minimum absolute atomic E-state index is 0. The van der Waals surface area contributed by atoms with E-state index in [0.29, 0.717) is 0 Å². The molecular formula is C6H13NNa2O4. The van der Waals surface area contributed by atoms with E-state index in [9.17, 15) is 9.59 Å². The van der Waals surface area contributed by atoms with Crippen LogP contribution in [-0.2, 0) is 9.59 Å². The zero-order valence-electron chi connectivity index (χ0n) is 10.4. The molecule has 0 aliphatic carbocycles. The molecule has 1 atom stereocenters. The van der Waals surface area contributed by atoms with Crippen molar-refractivity contribution >= 4 is 11.9 Å². The number of likely N-dealkylation sites (N-methyl/N-ethyl adjacent to an activating group) is 1. The molecule has 0 heterocycles. The van der Waals surface area contributed by atoms with E-state index >= 15 is 0 Å². The van der Waals surface area contributed by atoms with Crippen molar-refractivity contribution in [2.24, 2.45) is 0 Å². The summed E-state index contributed by atoms with van der Waals surface area (Å²) < 4.78 is 0. The molecule has 0 aromatic carbocycles. The van der Waals surface area contributed by atoms with Crippen LogP contribution in [-0.4, -0.2) is 46.7 Å². The van der Waals surface area contributed by atoms with Crippen LogP contribution in [0.2, 0.25) is 0 Å². The van der Waals surface area contributed by atoms with E-state index in [2.05, 4.69) is 0 Å². The fourth-order valence-electron chi connectivity index (χ4n) is 0.539. The van der Waals surface area contributed by atoms with Crippen LogP contribution in [0, 0.1) is 0 Å². The molecule has 0 radical (unpaired) electrons. The summed E-state index contributed by atoms with van der Waals surface area (Å²) in [5.41, 5.74) is 0. The maximum Gasteiger partial charge on any atom is 1.00 e. The Bertz CT molecular complexity index is 185. The SMILES string of the molecule is CC(C(=O)O)N(C)CC(=O)O.[H-].[H-].[Na+].[Na+]. The fourth-order valence-corrected chi connectivity index (χ4v) is 0.539. The average molecular weight is 209 g/mol. The third kappa shape index (κ3) is 9.21. The number of hydrogen-bond donors (Lipinski definition) is 2. The minimum Gasteiger partial charge on any atom is -1.00 e. The largest absolute Gasteiger partial charge is 1.00 e. The van der Waals surface area contributed by atoms with Gasteiger partial charge < -0.3 is 13.1 Å². The number of nitrogens with zero attached hydrogens (tertiary/aromatic N) is 1. The molecule has 0 saturated heterocycles. The Kier molecular flexibility index (Phi) is 14.2. The van der Waals surface area contributed by atoms with E-state index in [1.807, 2.05) is 0 Å². The van der Waals surface area contributed by atoms with Crippen molar-refractivity contribution in [1.29, 1.82) is 0 Å². The van der Waals surface area contributed by atoms with Crippen molar-refractivity contribution in [3.63, 3.8) is 0 Å². The average Bonchev–Trinajstić information content (AvgIpc) is 1.84. The second-order valence-corrected chi connectivity index (χ2v) is 2.32. The summed E-state index contributed by atoms with van der Waals surface area (Å²) in [7, 11) is 1.45. The molecule has 0 bridgehead atoms. The van der Waals surface area contributed by atoms with E-state index < -0.39 is 18.0 Å². The van der Waals surface area contributed by atoms with Gasteiger partial charge in [-0.05, 0) is 14.0 Å². The standard InChI is InChI=1S/C6H11NO4.2Na.2H/c1-4(6(10)11)7(2)3-5(8)9;;;;/h4H,3H2,1-2H3,(H,8,9)(H,10,11);;;;/q;2*+1;2*-1. The van der Waals surface area contributed by atoms with E-state index in [-0.39, 0.29) is 68.5 Å². The summed E-state index contributed by atoms with van der Waals surface area (Å²) in [6.07, 6.45) is 0. The molecule has 0 spiro atoms. The van der Waals surface area contributed by atoms with Gasteiger partial charge in [0.1, 0.15) is 6.04 Å². The quantitative estimate of drug-likeness (QED) is 0.450. The Balaban J connectivity index is -0.0000000833. The summed E-state index contributed by atoms with van der Waals surface area (Å²) in [5, 5.41) is 16.7. The maximum absolute atomic E-state index is 10.3. The summed E-state index contributed by atoms with van der Waals surface area (Å²) in [6.45, 7) is 1.18. The molecule has 5 nitrogen and oxygen atoms in total. The molecule has 13 heavy (non-hydrogen) atoms. The van der Waals surface area contributed by atoms with Gasteiger partial charge in [0.2, 0.25) is 0 Å². The molecule has 0 fully saturated rings. The predicted molar refractivity (Wildman–Crippen MR) is 39.6 cm³/mol. The van der Waals surface area contributed by atoms with Crippen molar-refractivity contribution in [1.82, 2.24) is 4.90 Å². The normalized spacial score (nSPS) is 11.0.